The van der Waals surface area contributed by atoms with E-state index in [2.05, 4.69) is 41.0 Å². The van der Waals surface area contributed by atoms with Gasteiger partial charge in [0.1, 0.15) is 0 Å². The van der Waals surface area contributed by atoms with Crippen LogP contribution < -0.4 is 5.32 Å². The van der Waals surface area contributed by atoms with Gasteiger partial charge < -0.3 is 15.0 Å². The number of carbonyl (C=O) groups excluding carboxylic acids is 1. The summed E-state index contributed by atoms with van der Waals surface area (Å²) in [6.07, 6.45) is 2.95. The smallest absolute Gasteiger partial charge is 0.310 e. The Labute approximate surface area is 171 Å². The summed E-state index contributed by atoms with van der Waals surface area (Å²) < 4.78 is 4.90. The molecule has 0 aliphatic carbocycles. The highest BCUT2D eigenvalue weighted by Gasteiger charge is 2.36. The van der Waals surface area contributed by atoms with Crippen LogP contribution in [0, 0.1) is 17.8 Å². The summed E-state index contributed by atoms with van der Waals surface area (Å²) in [5, 5.41) is 4.56. The van der Waals surface area contributed by atoms with Crippen molar-refractivity contribution in [3.05, 3.63) is 16.1 Å². The highest BCUT2D eigenvalue weighted by molar-refractivity contribution is 14.0. The lowest BCUT2D eigenvalue weighted by molar-refractivity contribution is -0.145. The van der Waals surface area contributed by atoms with E-state index in [0.717, 1.165) is 18.9 Å². The number of likely N-dealkylation sites (tertiary alicyclic amines) is 1. The molecule has 1 aromatic rings. The molecule has 6 nitrogen and oxygen atoms in total. The lowest BCUT2D eigenvalue weighted by atomic mass is 9.99. The summed E-state index contributed by atoms with van der Waals surface area (Å²) in [5.74, 6) is 1.48. The second kappa shape index (κ2) is 10.3. The number of nitrogens with one attached hydrogen (secondary N) is 1. The third kappa shape index (κ3) is 6.09. The van der Waals surface area contributed by atoms with E-state index < -0.39 is 0 Å². The number of thiazole rings is 1. The molecule has 1 aliphatic heterocycles. The number of guanidine groups is 1. The summed E-state index contributed by atoms with van der Waals surface area (Å²) in [4.78, 5) is 24.0. The Balaban J connectivity index is 0.00000312. The number of esters is 1. The molecule has 1 saturated heterocycles. The maximum Gasteiger partial charge on any atom is 0.310 e. The summed E-state index contributed by atoms with van der Waals surface area (Å²) in [7, 11) is 3.22. The first-order chi connectivity index (χ1) is 11.4. The number of nitrogens with zero attached hydrogens (tertiary/aromatic N) is 3. The zero-order valence-electron chi connectivity index (χ0n) is 15.6. The van der Waals surface area contributed by atoms with E-state index in [1.807, 2.05) is 6.20 Å². The second-order valence-electron chi connectivity index (χ2n) is 6.73. The molecule has 25 heavy (non-hydrogen) atoms. The van der Waals surface area contributed by atoms with Crippen LogP contribution in [0.2, 0.25) is 0 Å². The van der Waals surface area contributed by atoms with Crippen molar-refractivity contribution in [1.29, 1.82) is 0 Å². The molecule has 1 aromatic heterocycles. The zero-order chi connectivity index (χ0) is 17.7. The van der Waals surface area contributed by atoms with Crippen molar-refractivity contribution in [1.82, 2.24) is 15.2 Å². The molecule has 2 rings (SSSR count). The predicted octanol–water partition coefficient (Wildman–Crippen LogP) is 2.78. The Hall–Kier alpha value is -0.900. The molecular formula is C17H29IN4O2S. The largest absolute Gasteiger partial charge is 0.469 e. The van der Waals surface area contributed by atoms with Gasteiger partial charge in [0.05, 0.1) is 24.6 Å². The van der Waals surface area contributed by atoms with Crippen LogP contribution in [0.3, 0.4) is 0 Å². The summed E-state index contributed by atoms with van der Waals surface area (Å²) in [6, 6.07) is 0. The van der Waals surface area contributed by atoms with E-state index in [0.29, 0.717) is 19.0 Å². The molecule has 0 bridgehead atoms. The number of carbonyl (C=O) groups is 1. The summed E-state index contributed by atoms with van der Waals surface area (Å²) in [5.41, 5.74) is 0. The Kier molecular flexibility index (Phi) is 9.12. The van der Waals surface area contributed by atoms with Gasteiger partial charge in [0.15, 0.2) is 5.96 Å². The van der Waals surface area contributed by atoms with Gasteiger partial charge >= 0.3 is 5.97 Å². The number of aliphatic imine (C=N–C) groups is 1. The molecule has 0 radical (unpaired) electrons. The average molecular weight is 480 g/mol. The first-order valence-corrected chi connectivity index (χ1v) is 9.23. The van der Waals surface area contributed by atoms with Crippen LogP contribution >= 0.6 is 35.3 Å². The van der Waals surface area contributed by atoms with Crippen LogP contribution in [0.5, 0.6) is 0 Å². The molecule has 0 amide bonds. The highest BCUT2D eigenvalue weighted by Crippen LogP contribution is 2.24. The van der Waals surface area contributed by atoms with Gasteiger partial charge in [-0.25, -0.2) is 4.98 Å². The topological polar surface area (TPSA) is 66.8 Å². The van der Waals surface area contributed by atoms with Gasteiger partial charge in [0.25, 0.3) is 0 Å². The van der Waals surface area contributed by atoms with Crippen molar-refractivity contribution < 1.29 is 9.53 Å². The number of hydrogen-bond donors (Lipinski definition) is 1. The standard InChI is InChI=1S/C17H28N4O2S.HI/c1-11(2)6-15-19-7-13(24-15)8-20-17(18-4)21-9-12(3)14(10-21)16(22)23-5;/h7,11-12,14H,6,8-10H2,1-5H3,(H,18,20);1H. The number of rotatable bonds is 5. The van der Waals surface area contributed by atoms with Crippen LogP contribution in [0.1, 0.15) is 30.7 Å². The molecule has 0 spiro atoms. The second-order valence-corrected chi connectivity index (χ2v) is 7.93. The molecule has 2 atom stereocenters. The van der Waals surface area contributed by atoms with Crippen molar-refractivity contribution in [2.45, 2.75) is 33.7 Å². The minimum Gasteiger partial charge on any atom is -0.469 e. The van der Waals surface area contributed by atoms with E-state index in [1.54, 1.807) is 18.4 Å². The van der Waals surface area contributed by atoms with E-state index in [4.69, 9.17) is 4.74 Å². The normalized spacial score (nSPS) is 20.6. The van der Waals surface area contributed by atoms with Crippen LogP contribution in [-0.4, -0.2) is 49.1 Å². The maximum atomic E-state index is 11.8. The van der Waals surface area contributed by atoms with Crippen molar-refractivity contribution >= 4 is 47.2 Å². The molecule has 1 N–H and O–H groups in total. The first-order valence-electron chi connectivity index (χ1n) is 8.41. The van der Waals surface area contributed by atoms with Gasteiger partial charge in [-0.2, -0.15) is 0 Å². The minimum atomic E-state index is -0.138. The minimum absolute atomic E-state index is 0. The van der Waals surface area contributed by atoms with Crippen molar-refractivity contribution in [2.75, 3.05) is 27.2 Å². The van der Waals surface area contributed by atoms with E-state index in [1.165, 1.54) is 17.0 Å². The molecule has 8 heteroatoms. The fourth-order valence-electron chi connectivity index (χ4n) is 2.97. The molecular weight excluding hydrogens is 451 g/mol. The van der Waals surface area contributed by atoms with Gasteiger partial charge in [0.2, 0.25) is 0 Å². The summed E-state index contributed by atoms with van der Waals surface area (Å²) in [6.45, 7) is 8.64. The van der Waals surface area contributed by atoms with Gasteiger partial charge in [0, 0.05) is 37.6 Å². The molecule has 0 saturated carbocycles. The maximum absolute atomic E-state index is 11.8. The van der Waals surface area contributed by atoms with E-state index in [-0.39, 0.29) is 41.8 Å². The Morgan fingerprint density at radius 3 is 2.84 bits per heavy atom. The molecule has 2 heterocycles. The molecule has 2 unspecified atom stereocenters. The lowest BCUT2D eigenvalue weighted by Gasteiger charge is -2.21. The molecule has 142 valence electrons. The number of ether oxygens (including phenoxy) is 1. The van der Waals surface area contributed by atoms with Crippen LogP contribution in [-0.2, 0) is 22.5 Å². The first kappa shape index (κ1) is 22.1. The fraction of sp³-hybridized carbons (Fsp3) is 0.706. The number of hydrogen-bond acceptors (Lipinski definition) is 5. The van der Waals surface area contributed by atoms with Gasteiger partial charge in [-0.15, -0.1) is 35.3 Å². The third-order valence-electron chi connectivity index (χ3n) is 4.23. The molecule has 1 fully saturated rings. The Bertz CT molecular complexity index is 591. The van der Waals surface area contributed by atoms with Crippen LogP contribution in [0.25, 0.3) is 0 Å². The number of halogens is 1. The monoisotopic (exact) mass is 480 g/mol. The zero-order valence-corrected chi connectivity index (χ0v) is 18.8. The molecule has 1 aliphatic rings. The Morgan fingerprint density at radius 2 is 2.24 bits per heavy atom. The summed E-state index contributed by atoms with van der Waals surface area (Å²) >= 11 is 1.74. The van der Waals surface area contributed by atoms with Crippen molar-refractivity contribution in [2.24, 2.45) is 22.7 Å². The predicted molar refractivity (Wildman–Crippen MR) is 113 cm³/mol. The average Bonchev–Trinajstić information content (AvgIpc) is 3.13. The third-order valence-corrected chi connectivity index (χ3v) is 5.25. The van der Waals surface area contributed by atoms with Crippen molar-refractivity contribution in [3.8, 4) is 0 Å². The quantitative estimate of drug-likeness (QED) is 0.304. The van der Waals surface area contributed by atoms with Gasteiger partial charge in [-0.1, -0.05) is 20.8 Å². The van der Waals surface area contributed by atoms with Crippen molar-refractivity contribution in [3.63, 3.8) is 0 Å². The van der Waals surface area contributed by atoms with E-state index in [9.17, 15) is 4.79 Å². The SMILES string of the molecule is CN=C(NCc1cnc(CC(C)C)s1)N1CC(C)C(C(=O)OC)C1.I. The van der Waals surface area contributed by atoms with Gasteiger partial charge in [-0.05, 0) is 11.8 Å². The highest BCUT2D eigenvalue weighted by atomic mass is 127. The fourth-order valence-corrected chi connectivity index (χ4v) is 4.04. The molecule has 0 aromatic carbocycles. The Morgan fingerprint density at radius 1 is 1.52 bits per heavy atom. The lowest BCUT2D eigenvalue weighted by Crippen LogP contribution is -2.40. The van der Waals surface area contributed by atoms with Gasteiger partial charge in [-0.3, -0.25) is 9.79 Å². The van der Waals surface area contributed by atoms with Crippen LogP contribution in [0.15, 0.2) is 11.2 Å². The number of methoxy groups -OCH3 is 1. The van der Waals surface area contributed by atoms with E-state index >= 15 is 0 Å². The van der Waals surface area contributed by atoms with Crippen LogP contribution in [0.4, 0.5) is 0 Å². The number of aromatic nitrogens is 1.